The van der Waals surface area contributed by atoms with Crippen LogP contribution in [0, 0.1) is 0 Å². The van der Waals surface area contributed by atoms with Crippen molar-refractivity contribution in [1.82, 2.24) is 20.0 Å². The molecule has 5 amide bonds. The Kier molecular flexibility index (Phi) is 5.45. The Balaban J connectivity index is 1.55. The van der Waals surface area contributed by atoms with E-state index in [1.807, 2.05) is 0 Å². The molecule has 3 rings (SSSR count). The predicted molar refractivity (Wildman–Crippen MR) is 91.1 cm³/mol. The largest absolute Gasteiger partial charge is 0.378 e. The van der Waals surface area contributed by atoms with Crippen molar-refractivity contribution in [3.63, 3.8) is 0 Å². The average Bonchev–Trinajstić information content (AvgIpc) is 2.87. The minimum absolute atomic E-state index is 0.0758. The summed E-state index contributed by atoms with van der Waals surface area (Å²) in [6.07, 6.45) is 4.07. The van der Waals surface area contributed by atoms with Gasteiger partial charge < -0.3 is 19.9 Å². The summed E-state index contributed by atoms with van der Waals surface area (Å²) in [5, 5.41) is 2.78. The van der Waals surface area contributed by atoms with Crippen LogP contribution in [0.2, 0.25) is 0 Å². The zero-order valence-corrected chi connectivity index (χ0v) is 15.2. The second-order valence-electron chi connectivity index (χ2n) is 7.21. The highest BCUT2D eigenvalue weighted by Crippen LogP contribution is 2.33. The first-order valence-corrected chi connectivity index (χ1v) is 9.16. The highest BCUT2D eigenvalue weighted by Gasteiger charge is 2.51. The van der Waals surface area contributed by atoms with Crippen LogP contribution in [0.1, 0.15) is 32.1 Å². The van der Waals surface area contributed by atoms with Crippen LogP contribution < -0.4 is 5.32 Å². The van der Waals surface area contributed by atoms with Gasteiger partial charge in [0.25, 0.3) is 5.91 Å². The first-order chi connectivity index (χ1) is 12.4. The number of ether oxygens (including phenoxy) is 1. The lowest BCUT2D eigenvalue weighted by Gasteiger charge is -2.30. The van der Waals surface area contributed by atoms with Crippen LogP contribution in [0.15, 0.2) is 0 Å². The third kappa shape index (κ3) is 3.67. The second kappa shape index (κ2) is 7.61. The highest BCUT2D eigenvalue weighted by atomic mass is 16.5. The molecule has 0 radical (unpaired) electrons. The number of hydrogen-bond donors (Lipinski definition) is 1. The number of urea groups is 1. The number of carbonyl (C=O) groups excluding carboxylic acids is 4. The summed E-state index contributed by atoms with van der Waals surface area (Å²) in [5.74, 6) is -0.906. The number of nitrogens with zero attached hydrogens (tertiary/aromatic N) is 3. The topological polar surface area (TPSA) is 99.3 Å². The van der Waals surface area contributed by atoms with E-state index in [0.29, 0.717) is 39.1 Å². The van der Waals surface area contributed by atoms with Gasteiger partial charge in [-0.2, -0.15) is 0 Å². The first-order valence-electron chi connectivity index (χ1n) is 9.16. The lowest BCUT2D eigenvalue weighted by molar-refractivity contribution is -0.143. The predicted octanol–water partition coefficient (Wildman–Crippen LogP) is -0.442. The molecular weight excluding hydrogens is 340 g/mol. The molecule has 0 atom stereocenters. The van der Waals surface area contributed by atoms with Crippen LogP contribution in [-0.4, -0.2) is 90.4 Å². The summed E-state index contributed by atoms with van der Waals surface area (Å²) in [7, 11) is 1.51. The van der Waals surface area contributed by atoms with Gasteiger partial charge >= 0.3 is 6.03 Å². The van der Waals surface area contributed by atoms with Gasteiger partial charge in [-0.3, -0.25) is 19.3 Å². The quantitative estimate of drug-likeness (QED) is 0.680. The minimum atomic E-state index is -0.836. The van der Waals surface area contributed by atoms with E-state index in [4.69, 9.17) is 4.74 Å². The second-order valence-corrected chi connectivity index (χ2v) is 7.21. The van der Waals surface area contributed by atoms with Gasteiger partial charge in [0.1, 0.15) is 12.1 Å². The number of imide groups is 1. The Bertz CT molecular complexity index is 596. The van der Waals surface area contributed by atoms with Crippen molar-refractivity contribution < 1.29 is 23.9 Å². The molecular formula is C17H26N4O5. The molecule has 3 aliphatic rings. The summed E-state index contributed by atoms with van der Waals surface area (Å²) < 4.78 is 5.21. The summed E-state index contributed by atoms with van der Waals surface area (Å²) >= 11 is 0. The van der Waals surface area contributed by atoms with E-state index in [1.54, 1.807) is 4.90 Å². The average molecular weight is 366 g/mol. The van der Waals surface area contributed by atoms with Gasteiger partial charge in [0.05, 0.1) is 19.8 Å². The maximum absolute atomic E-state index is 12.7. The van der Waals surface area contributed by atoms with Crippen LogP contribution in [0.25, 0.3) is 0 Å². The molecule has 3 fully saturated rings. The van der Waals surface area contributed by atoms with Gasteiger partial charge in [-0.1, -0.05) is 19.3 Å². The maximum Gasteiger partial charge on any atom is 0.325 e. The first kappa shape index (κ1) is 18.6. The highest BCUT2D eigenvalue weighted by molar-refractivity contribution is 6.09. The van der Waals surface area contributed by atoms with E-state index in [-0.39, 0.29) is 24.9 Å². The smallest absolute Gasteiger partial charge is 0.325 e. The van der Waals surface area contributed by atoms with E-state index >= 15 is 0 Å². The number of hydrogen-bond acceptors (Lipinski definition) is 5. The summed E-state index contributed by atoms with van der Waals surface area (Å²) in [5.41, 5.74) is -0.836. The molecule has 0 bridgehead atoms. The number of amides is 5. The van der Waals surface area contributed by atoms with E-state index < -0.39 is 17.5 Å². The standard InChI is InChI=1S/C17H26N4O5/c1-19(11-14(23)20-7-9-26-10-8-20)13(22)12-21-15(24)17(18-16(21)25)5-3-2-4-6-17/h2-12H2,1H3,(H,18,25). The van der Waals surface area contributed by atoms with Gasteiger partial charge in [-0.15, -0.1) is 0 Å². The maximum atomic E-state index is 12.7. The molecule has 9 nitrogen and oxygen atoms in total. The van der Waals surface area contributed by atoms with Crippen LogP contribution >= 0.6 is 0 Å². The third-order valence-electron chi connectivity index (χ3n) is 5.41. The minimum Gasteiger partial charge on any atom is -0.378 e. The van der Waals surface area contributed by atoms with Crippen molar-refractivity contribution in [3.8, 4) is 0 Å². The van der Waals surface area contributed by atoms with Gasteiger partial charge in [0, 0.05) is 20.1 Å². The monoisotopic (exact) mass is 366 g/mol. The summed E-state index contributed by atoms with van der Waals surface area (Å²) in [6, 6.07) is -0.516. The Morgan fingerprint density at radius 3 is 2.46 bits per heavy atom. The van der Waals surface area contributed by atoms with Gasteiger partial charge in [0.2, 0.25) is 11.8 Å². The van der Waals surface area contributed by atoms with Crippen LogP contribution in [0.4, 0.5) is 4.79 Å². The molecule has 144 valence electrons. The Labute approximate surface area is 152 Å². The molecule has 2 saturated heterocycles. The van der Waals surface area contributed by atoms with E-state index in [0.717, 1.165) is 24.2 Å². The van der Waals surface area contributed by atoms with Crippen LogP contribution in [0.5, 0.6) is 0 Å². The van der Waals surface area contributed by atoms with Crippen molar-refractivity contribution in [2.75, 3.05) is 46.4 Å². The molecule has 2 heterocycles. The van der Waals surface area contributed by atoms with Crippen molar-refractivity contribution in [3.05, 3.63) is 0 Å². The van der Waals surface area contributed by atoms with Crippen molar-refractivity contribution in [2.45, 2.75) is 37.6 Å². The number of nitrogens with one attached hydrogen (secondary N) is 1. The number of rotatable bonds is 4. The van der Waals surface area contributed by atoms with Gasteiger partial charge in [-0.25, -0.2) is 4.79 Å². The molecule has 1 N–H and O–H groups in total. The molecule has 0 aromatic heterocycles. The molecule has 0 aromatic rings. The Hall–Kier alpha value is -2.16. The van der Waals surface area contributed by atoms with Crippen molar-refractivity contribution >= 4 is 23.8 Å². The number of likely N-dealkylation sites (N-methyl/N-ethyl adjacent to an activating group) is 1. The lowest BCUT2D eigenvalue weighted by atomic mass is 9.82. The molecule has 0 aromatic carbocycles. The van der Waals surface area contributed by atoms with Gasteiger partial charge in [-0.05, 0) is 12.8 Å². The van der Waals surface area contributed by atoms with Gasteiger partial charge in [0.15, 0.2) is 0 Å². The van der Waals surface area contributed by atoms with Crippen molar-refractivity contribution in [2.24, 2.45) is 0 Å². The zero-order valence-electron chi connectivity index (χ0n) is 15.2. The molecule has 26 heavy (non-hydrogen) atoms. The summed E-state index contributed by atoms with van der Waals surface area (Å²) in [4.78, 5) is 53.5. The molecule has 0 unspecified atom stereocenters. The van der Waals surface area contributed by atoms with Crippen LogP contribution in [0.3, 0.4) is 0 Å². The van der Waals surface area contributed by atoms with E-state index in [2.05, 4.69) is 5.32 Å². The number of carbonyl (C=O) groups is 4. The third-order valence-corrected chi connectivity index (χ3v) is 5.41. The molecule has 1 spiro atoms. The molecule has 2 aliphatic heterocycles. The fourth-order valence-corrected chi connectivity index (χ4v) is 3.77. The van der Waals surface area contributed by atoms with E-state index in [9.17, 15) is 19.2 Å². The SMILES string of the molecule is CN(CC(=O)N1CCOCC1)C(=O)CN1C(=O)NC2(CCCCC2)C1=O. The molecule has 1 aliphatic carbocycles. The molecule has 1 saturated carbocycles. The van der Waals surface area contributed by atoms with Crippen molar-refractivity contribution in [1.29, 1.82) is 0 Å². The Morgan fingerprint density at radius 1 is 1.15 bits per heavy atom. The fourth-order valence-electron chi connectivity index (χ4n) is 3.77. The lowest BCUT2D eigenvalue weighted by Crippen LogP contribution is -2.50. The molecule has 9 heteroatoms. The Morgan fingerprint density at radius 2 is 1.81 bits per heavy atom. The van der Waals surface area contributed by atoms with E-state index in [1.165, 1.54) is 11.9 Å². The normalized spacial score (nSPS) is 22.5. The van der Waals surface area contributed by atoms with Crippen LogP contribution in [-0.2, 0) is 19.1 Å². The summed E-state index contributed by atoms with van der Waals surface area (Å²) in [6.45, 7) is 1.60. The fraction of sp³-hybridized carbons (Fsp3) is 0.765. The zero-order chi connectivity index (χ0) is 18.7. The number of morpholine rings is 1.